The second-order valence-electron chi connectivity index (χ2n) is 4.59. The van der Waals surface area contributed by atoms with Crippen LogP contribution in [0, 0.1) is 10.1 Å². The molecule has 0 radical (unpaired) electrons. The average Bonchev–Trinajstić information content (AvgIpc) is 2.75. The van der Waals surface area contributed by atoms with Gasteiger partial charge in [-0.2, -0.15) is 0 Å². The highest BCUT2D eigenvalue weighted by atomic mass is 35.5. The fourth-order valence-corrected chi connectivity index (χ4v) is 2.31. The van der Waals surface area contributed by atoms with Crippen LogP contribution >= 0.6 is 11.6 Å². The van der Waals surface area contributed by atoms with E-state index in [0.717, 1.165) is 12.8 Å². The van der Waals surface area contributed by atoms with Crippen molar-refractivity contribution in [1.82, 2.24) is 0 Å². The Balaban J connectivity index is 2.11. The van der Waals surface area contributed by atoms with Crippen LogP contribution in [-0.2, 0) is 0 Å². The zero-order chi connectivity index (χ0) is 13.2. The minimum Gasteiger partial charge on any atom is -0.484 e. The smallest absolute Gasteiger partial charge is 0.312 e. The van der Waals surface area contributed by atoms with Gasteiger partial charge in [-0.3, -0.25) is 10.1 Å². The summed E-state index contributed by atoms with van der Waals surface area (Å²) in [4.78, 5) is 10.3. The average molecular weight is 272 g/mol. The Bertz CT molecular complexity index is 457. The molecule has 6 heteroatoms. The molecule has 1 saturated carbocycles. The van der Waals surface area contributed by atoms with Crippen LogP contribution in [0.4, 0.5) is 5.69 Å². The molecule has 2 rings (SSSR count). The van der Waals surface area contributed by atoms with Crippen molar-refractivity contribution in [2.24, 2.45) is 0 Å². The number of rotatable bonds is 4. The molecule has 18 heavy (non-hydrogen) atoms. The molecule has 0 aromatic heterocycles. The van der Waals surface area contributed by atoms with Gasteiger partial charge in [0, 0.05) is 11.1 Å². The van der Waals surface area contributed by atoms with Crippen LogP contribution in [-0.4, -0.2) is 22.2 Å². The summed E-state index contributed by atoms with van der Waals surface area (Å²) in [5, 5.41) is 21.3. The summed E-state index contributed by atoms with van der Waals surface area (Å²) in [6.45, 7) is 0.0788. The van der Waals surface area contributed by atoms with Crippen molar-refractivity contribution >= 4 is 17.3 Å². The Labute approximate surface area is 109 Å². The fraction of sp³-hybridized carbons (Fsp3) is 0.500. The van der Waals surface area contributed by atoms with Gasteiger partial charge >= 0.3 is 5.69 Å². The molecule has 0 heterocycles. The molecule has 0 bridgehead atoms. The SMILES string of the molecule is O=[N+]([O-])c1cc(Cl)ccc1OCC1(O)CCCC1. The summed E-state index contributed by atoms with van der Waals surface area (Å²) in [5.74, 6) is 0.143. The van der Waals surface area contributed by atoms with Crippen LogP contribution in [0.15, 0.2) is 18.2 Å². The van der Waals surface area contributed by atoms with E-state index in [9.17, 15) is 15.2 Å². The molecule has 5 nitrogen and oxygen atoms in total. The molecular formula is C12H14ClNO4. The van der Waals surface area contributed by atoms with Crippen LogP contribution < -0.4 is 4.74 Å². The maximum atomic E-state index is 10.9. The highest BCUT2D eigenvalue weighted by molar-refractivity contribution is 6.30. The van der Waals surface area contributed by atoms with Crippen molar-refractivity contribution in [3.63, 3.8) is 0 Å². The lowest BCUT2D eigenvalue weighted by molar-refractivity contribution is -0.386. The summed E-state index contributed by atoms with van der Waals surface area (Å²) in [6.07, 6.45) is 3.27. The minimum atomic E-state index is -0.854. The number of nitrogens with zero attached hydrogens (tertiary/aromatic N) is 1. The first-order valence-electron chi connectivity index (χ1n) is 5.79. The number of hydrogen-bond donors (Lipinski definition) is 1. The summed E-state index contributed by atoms with van der Waals surface area (Å²) >= 11 is 5.71. The van der Waals surface area contributed by atoms with E-state index in [-0.39, 0.29) is 23.1 Å². The molecule has 0 unspecified atom stereocenters. The summed E-state index contributed by atoms with van der Waals surface area (Å²) in [5.41, 5.74) is -1.03. The highest BCUT2D eigenvalue weighted by Gasteiger charge is 2.32. The molecular weight excluding hydrogens is 258 g/mol. The van der Waals surface area contributed by atoms with Gasteiger partial charge in [-0.25, -0.2) is 0 Å². The van der Waals surface area contributed by atoms with Gasteiger partial charge in [-0.1, -0.05) is 24.4 Å². The van der Waals surface area contributed by atoms with Gasteiger partial charge in [0.2, 0.25) is 0 Å². The fourth-order valence-electron chi connectivity index (χ4n) is 2.14. The summed E-state index contributed by atoms with van der Waals surface area (Å²) in [6, 6.07) is 4.23. The molecule has 0 saturated heterocycles. The molecule has 1 aliphatic carbocycles. The Morgan fingerprint density at radius 1 is 1.44 bits per heavy atom. The topological polar surface area (TPSA) is 72.6 Å². The van der Waals surface area contributed by atoms with Crippen molar-refractivity contribution in [3.8, 4) is 5.75 Å². The summed E-state index contributed by atoms with van der Waals surface area (Å²) < 4.78 is 5.39. The standard InChI is InChI=1S/C12H14ClNO4/c13-9-3-4-11(10(7-9)14(16)17)18-8-12(15)5-1-2-6-12/h3-4,7,15H,1-2,5-6,8H2. The quantitative estimate of drug-likeness (QED) is 0.675. The largest absolute Gasteiger partial charge is 0.484 e. The summed E-state index contributed by atoms with van der Waals surface area (Å²) in [7, 11) is 0. The van der Waals surface area contributed by atoms with E-state index in [1.54, 1.807) is 0 Å². The number of halogens is 1. The number of hydrogen-bond acceptors (Lipinski definition) is 4. The van der Waals surface area contributed by atoms with E-state index in [4.69, 9.17) is 16.3 Å². The highest BCUT2D eigenvalue weighted by Crippen LogP contribution is 2.33. The van der Waals surface area contributed by atoms with Gasteiger partial charge in [-0.05, 0) is 25.0 Å². The second-order valence-corrected chi connectivity index (χ2v) is 5.03. The third-order valence-corrected chi connectivity index (χ3v) is 3.38. The molecule has 0 atom stereocenters. The Morgan fingerprint density at radius 2 is 2.11 bits per heavy atom. The lowest BCUT2D eigenvalue weighted by atomic mass is 10.0. The van der Waals surface area contributed by atoms with Crippen LogP contribution in [0.25, 0.3) is 0 Å². The van der Waals surface area contributed by atoms with Crippen LogP contribution in [0.2, 0.25) is 5.02 Å². The van der Waals surface area contributed by atoms with E-state index < -0.39 is 10.5 Å². The number of ether oxygens (including phenoxy) is 1. The first-order valence-corrected chi connectivity index (χ1v) is 6.17. The van der Waals surface area contributed by atoms with E-state index >= 15 is 0 Å². The zero-order valence-electron chi connectivity index (χ0n) is 9.76. The predicted molar refractivity (Wildman–Crippen MR) is 67.0 cm³/mol. The van der Waals surface area contributed by atoms with Gasteiger partial charge in [0.05, 0.1) is 10.5 Å². The third kappa shape index (κ3) is 2.91. The second kappa shape index (κ2) is 5.12. The predicted octanol–water partition coefficient (Wildman–Crippen LogP) is 2.93. The zero-order valence-corrected chi connectivity index (χ0v) is 10.5. The normalized spacial score (nSPS) is 17.7. The lowest BCUT2D eigenvalue weighted by Gasteiger charge is -2.22. The van der Waals surface area contributed by atoms with Crippen molar-refractivity contribution in [2.75, 3.05) is 6.61 Å². The number of benzene rings is 1. The van der Waals surface area contributed by atoms with Crippen molar-refractivity contribution in [1.29, 1.82) is 0 Å². The number of nitro groups is 1. The molecule has 1 aromatic carbocycles. The number of nitro benzene ring substituents is 1. The van der Waals surface area contributed by atoms with Crippen molar-refractivity contribution in [2.45, 2.75) is 31.3 Å². The van der Waals surface area contributed by atoms with Crippen LogP contribution in [0.5, 0.6) is 5.75 Å². The van der Waals surface area contributed by atoms with Gasteiger partial charge in [0.15, 0.2) is 5.75 Å². The monoisotopic (exact) mass is 271 g/mol. The first-order chi connectivity index (χ1) is 8.50. The maximum Gasteiger partial charge on any atom is 0.312 e. The van der Waals surface area contributed by atoms with Crippen LogP contribution in [0.3, 0.4) is 0 Å². The first kappa shape index (κ1) is 13.1. The van der Waals surface area contributed by atoms with Gasteiger partial charge in [-0.15, -0.1) is 0 Å². The molecule has 0 amide bonds. The molecule has 0 spiro atoms. The van der Waals surface area contributed by atoms with Gasteiger partial charge in [0.25, 0.3) is 0 Å². The van der Waals surface area contributed by atoms with Crippen molar-refractivity contribution < 1.29 is 14.8 Å². The Morgan fingerprint density at radius 3 is 2.72 bits per heavy atom. The molecule has 0 aliphatic heterocycles. The third-order valence-electron chi connectivity index (χ3n) is 3.15. The van der Waals surface area contributed by atoms with E-state index in [1.165, 1.54) is 18.2 Å². The molecule has 98 valence electrons. The molecule has 1 aromatic rings. The van der Waals surface area contributed by atoms with Gasteiger partial charge in [0.1, 0.15) is 6.61 Å². The van der Waals surface area contributed by atoms with Crippen molar-refractivity contribution in [3.05, 3.63) is 33.3 Å². The van der Waals surface area contributed by atoms with E-state index in [2.05, 4.69) is 0 Å². The molecule has 1 aliphatic rings. The minimum absolute atomic E-state index is 0.0788. The molecule has 1 fully saturated rings. The van der Waals surface area contributed by atoms with Crippen LogP contribution in [0.1, 0.15) is 25.7 Å². The number of aliphatic hydroxyl groups is 1. The van der Waals surface area contributed by atoms with E-state index in [1.807, 2.05) is 0 Å². The maximum absolute atomic E-state index is 10.9. The molecule has 1 N–H and O–H groups in total. The van der Waals surface area contributed by atoms with E-state index in [0.29, 0.717) is 12.8 Å². The Hall–Kier alpha value is -1.33. The lowest BCUT2D eigenvalue weighted by Crippen LogP contribution is -2.32. The van der Waals surface area contributed by atoms with Gasteiger partial charge < -0.3 is 9.84 Å². The Kier molecular flexibility index (Phi) is 3.73.